The van der Waals surface area contributed by atoms with E-state index in [0.29, 0.717) is 23.1 Å². The van der Waals surface area contributed by atoms with Gasteiger partial charge in [-0.3, -0.25) is 0 Å². The maximum Gasteiger partial charge on any atom is 0.434 e. The van der Waals surface area contributed by atoms with Gasteiger partial charge in [0.2, 0.25) is 0 Å². The van der Waals surface area contributed by atoms with Gasteiger partial charge in [-0.25, -0.2) is 24.6 Å². The average Bonchev–Trinajstić information content (AvgIpc) is 3.42. The molecular weight excluding hydrogens is 489 g/mol. The van der Waals surface area contributed by atoms with E-state index in [2.05, 4.69) is 25.6 Å². The van der Waals surface area contributed by atoms with Crippen LogP contribution in [0.3, 0.4) is 0 Å². The molecule has 3 heterocycles. The lowest BCUT2D eigenvalue weighted by molar-refractivity contribution is -0.140. The molecule has 2 aliphatic heterocycles. The predicted octanol–water partition coefficient (Wildman–Crippen LogP) is 3.34. The molecule has 2 N–H and O–H groups in total. The van der Waals surface area contributed by atoms with E-state index < -0.39 is 35.6 Å². The SMILES string of the molecule is COC(=O)c1ccccc1C1=NC2NC(=O)NC2(Cc2ccc(-c3nc(C(F)(F)F)cn3C)cc2)C=N1. The van der Waals surface area contributed by atoms with Gasteiger partial charge in [-0.15, -0.1) is 0 Å². The number of amides is 2. The van der Waals surface area contributed by atoms with Crippen LogP contribution in [0.4, 0.5) is 18.0 Å². The molecule has 0 bridgehead atoms. The van der Waals surface area contributed by atoms with E-state index in [1.54, 1.807) is 54.7 Å². The molecule has 0 saturated carbocycles. The molecule has 1 saturated heterocycles. The van der Waals surface area contributed by atoms with Gasteiger partial charge in [-0.1, -0.05) is 42.5 Å². The molecule has 2 atom stereocenters. The number of aryl methyl sites for hydroxylation is 1. The number of imidazole rings is 1. The van der Waals surface area contributed by atoms with E-state index in [9.17, 15) is 22.8 Å². The van der Waals surface area contributed by atoms with Crippen molar-refractivity contribution in [1.82, 2.24) is 20.2 Å². The van der Waals surface area contributed by atoms with Gasteiger partial charge in [0.05, 0.1) is 12.7 Å². The summed E-state index contributed by atoms with van der Waals surface area (Å²) in [5.74, 6) is -0.0752. The smallest absolute Gasteiger partial charge is 0.434 e. The summed E-state index contributed by atoms with van der Waals surface area (Å²) in [5.41, 5.74) is 0.137. The van der Waals surface area contributed by atoms with E-state index in [-0.39, 0.29) is 11.7 Å². The summed E-state index contributed by atoms with van der Waals surface area (Å²) >= 11 is 0. The Kier molecular flexibility index (Phi) is 5.81. The highest BCUT2D eigenvalue weighted by atomic mass is 19.4. The third-order valence-electron chi connectivity index (χ3n) is 6.22. The number of esters is 1. The van der Waals surface area contributed by atoms with Crippen LogP contribution >= 0.6 is 0 Å². The van der Waals surface area contributed by atoms with Crippen LogP contribution in [-0.4, -0.2) is 52.4 Å². The number of hydrogen-bond acceptors (Lipinski definition) is 6. The number of fused-ring (bicyclic) bond motifs is 1. The van der Waals surface area contributed by atoms with Crippen LogP contribution in [0.1, 0.15) is 27.2 Å². The van der Waals surface area contributed by atoms with E-state index in [4.69, 9.17) is 4.74 Å². The van der Waals surface area contributed by atoms with Gasteiger partial charge >= 0.3 is 18.2 Å². The molecule has 2 aliphatic rings. The zero-order valence-corrected chi connectivity index (χ0v) is 19.7. The van der Waals surface area contributed by atoms with Crippen molar-refractivity contribution in [1.29, 1.82) is 0 Å². The number of ether oxygens (including phenoxy) is 1. The van der Waals surface area contributed by atoms with Crippen LogP contribution in [0.25, 0.3) is 11.4 Å². The highest BCUT2D eigenvalue weighted by Gasteiger charge is 2.47. The zero-order chi connectivity index (χ0) is 26.4. The topological polar surface area (TPSA) is 110 Å². The van der Waals surface area contributed by atoms with Crippen LogP contribution < -0.4 is 10.6 Å². The van der Waals surface area contributed by atoms with Gasteiger partial charge in [0, 0.05) is 37.0 Å². The van der Waals surface area contributed by atoms with Crippen molar-refractivity contribution in [2.24, 2.45) is 17.0 Å². The minimum atomic E-state index is -4.53. The lowest BCUT2D eigenvalue weighted by Gasteiger charge is -2.31. The maximum atomic E-state index is 13.0. The van der Waals surface area contributed by atoms with Crippen LogP contribution in [0.15, 0.2) is 64.7 Å². The Morgan fingerprint density at radius 1 is 1.16 bits per heavy atom. The van der Waals surface area contributed by atoms with E-state index in [1.807, 2.05) is 0 Å². The second kappa shape index (κ2) is 8.87. The van der Waals surface area contributed by atoms with Gasteiger partial charge in [0.1, 0.15) is 11.4 Å². The van der Waals surface area contributed by atoms with Crippen LogP contribution in [-0.2, 0) is 24.4 Å². The number of hydrogen-bond donors (Lipinski definition) is 2. The highest BCUT2D eigenvalue weighted by Crippen LogP contribution is 2.31. The number of carbonyl (C=O) groups is 2. The van der Waals surface area contributed by atoms with Crippen molar-refractivity contribution >= 4 is 24.1 Å². The summed E-state index contributed by atoms with van der Waals surface area (Å²) in [6, 6.07) is 13.2. The second-order valence-electron chi connectivity index (χ2n) is 8.72. The molecule has 0 spiro atoms. The molecule has 3 aromatic rings. The number of alkyl halides is 3. The van der Waals surface area contributed by atoms with Gasteiger partial charge in [-0.2, -0.15) is 13.2 Å². The molecule has 5 rings (SSSR count). The molecule has 1 aromatic heterocycles. The first kappa shape index (κ1) is 24.2. The molecule has 0 aliphatic carbocycles. The van der Waals surface area contributed by atoms with Crippen molar-refractivity contribution in [3.05, 3.63) is 77.1 Å². The average molecular weight is 510 g/mol. The Balaban J connectivity index is 1.41. The number of benzene rings is 2. The Bertz CT molecular complexity index is 1440. The summed E-state index contributed by atoms with van der Waals surface area (Å²) in [6.45, 7) is 0. The predicted molar refractivity (Wildman–Crippen MR) is 128 cm³/mol. The molecule has 0 radical (unpaired) electrons. The van der Waals surface area contributed by atoms with Gasteiger partial charge in [-0.05, 0) is 11.6 Å². The van der Waals surface area contributed by atoms with Crippen molar-refractivity contribution in [2.75, 3.05) is 7.11 Å². The van der Waals surface area contributed by atoms with Crippen molar-refractivity contribution in [3.63, 3.8) is 0 Å². The minimum absolute atomic E-state index is 0.184. The number of nitrogens with one attached hydrogen (secondary N) is 2. The number of aliphatic imine (C=N–C) groups is 2. The molecule has 1 fully saturated rings. The number of halogens is 3. The highest BCUT2D eigenvalue weighted by molar-refractivity contribution is 6.12. The summed E-state index contributed by atoms with van der Waals surface area (Å²) < 4.78 is 45.3. The minimum Gasteiger partial charge on any atom is -0.465 e. The first-order valence-electron chi connectivity index (χ1n) is 11.2. The Labute approximate surface area is 209 Å². The van der Waals surface area contributed by atoms with Gasteiger partial charge in [0.15, 0.2) is 17.7 Å². The number of methoxy groups -OCH3 is 1. The first-order chi connectivity index (χ1) is 17.6. The molecular formula is C25H21F3N6O3. The van der Waals surface area contributed by atoms with Gasteiger partial charge < -0.3 is 19.9 Å². The summed E-state index contributed by atoms with van der Waals surface area (Å²) in [5, 5.41) is 5.65. The van der Waals surface area contributed by atoms with Crippen molar-refractivity contribution in [2.45, 2.75) is 24.3 Å². The normalized spacial score (nSPS) is 20.6. The molecule has 9 nitrogen and oxygen atoms in total. The fraction of sp³-hybridized carbons (Fsp3) is 0.240. The maximum absolute atomic E-state index is 13.0. The number of nitrogens with zero attached hydrogens (tertiary/aromatic N) is 4. The fourth-order valence-corrected chi connectivity index (χ4v) is 4.42. The molecule has 190 valence electrons. The summed E-state index contributed by atoms with van der Waals surface area (Å²) in [4.78, 5) is 37.3. The van der Waals surface area contributed by atoms with E-state index in [1.165, 1.54) is 18.7 Å². The van der Waals surface area contributed by atoms with Crippen molar-refractivity contribution < 1.29 is 27.5 Å². The largest absolute Gasteiger partial charge is 0.465 e. The summed E-state index contributed by atoms with van der Waals surface area (Å²) in [6.07, 6.45) is -2.40. The second-order valence-corrected chi connectivity index (χ2v) is 8.72. The Morgan fingerprint density at radius 3 is 2.57 bits per heavy atom. The van der Waals surface area contributed by atoms with Gasteiger partial charge in [0.25, 0.3) is 0 Å². The molecule has 2 amide bonds. The Morgan fingerprint density at radius 2 is 1.89 bits per heavy atom. The lowest BCUT2D eigenvalue weighted by atomic mass is 9.88. The van der Waals surface area contributed by atoms with Crippen molar-refractivity contribution in [3.8, 4) is 11.4 Å². The van der Waals surface area contributed by atoms with Crippen LogP contribution in [0.5, 0.6) is 0 Å². The molecule has 12 heteroatoms. The molecule has 2 aromatic carbocycles. The third kappa shape index (κ3) is 4.46. The fourth-order valence-electron chi connectivity index (χ4n) is 4.42. The van der Waals surface area contributed by atoms with Crippen LogP contribution in [0, 0.1) is 0 Å². The van der Waals surface area contributed by atoms with E-state index >= 15 is 0 Å². The number of urea groups is 1. The third-order valence-corrected chi connectivity index (χ3v) is 6.22. The van der Waals surface area contributed by atoms with Crippen LogP contribution in [0.2, 0.25) is 0 Å². The van der Waals surface area contributed by atoms with E-state index in [0.717, 1.165) is 11.8 Å². The zero-order valence-electron chi connectivity index (χ0n) is 19.7. The molecule has 2 unspecified atom stereocenters. The lowest BCUT2D eigenvalue weighted by Crippen LogP contribution is -2.54. The monoisotopic (exact) mass is 510 g/mol. The number of rotatable bonds is 5. The summed E-state index contributed by atoms with van der Waals surface area (Å²) in [7, 11) is 2.78. The number of aromatic nitrogens is 2. The standard InChI is InChI=1S/C25H21F3N6O3/c1-34-12-18(25(26,27)28)30-20(34)15-9-7-14(8-10-15)11-24-13-29-19(31-22(24)32-23(36)33-24)16-5-3-4-6-17(16)21(35)37-2/h3-10,12-13,22H,11H2,1-2H3,(H2,32,33,36). The number of amidine groups is 1. The first-order valence-corrected chi connectivity index (χ1v) is 11.2. The number of carbonyl (C=O) groups excluding carboxylic acids is 2. The molecule has 37 heavy (non-hydrogen) atoms. The Hall–Kier alpha value is -4.48. The quantitative estimate of drug-likeness (QED) is 0.513.